The number of anilines is 1. The van der Waals surface area contributed by atoms with E-state index in [1.54, 1.807) is 35.4 Å². The molecule has 0 heterocycles. The molecular formula is C11H13ClN2O. The average molecular weight is 225 g/mol. The van der Waals surface area contributed by atoms with E-state index in [2.05, 4.69) is 5.32 Å². The molecule has 0 saturated heterocycles. The minimum Gasteiger partial charge on any atom is -0.383 e. The van der Waals surface area contributed by atoms with Crippen LogP contribution in [0.5, 0.6) is 0 Å². The van der Waals surface area contributed by atoms with Crippen LogP contribution in [0.2, 0.25) is 5.02 Å². The molecule has 0 saturated carbocycles. The molecule has 0 aliphatic rings. The number of amides is 1. The highest BCUT2D eigenvalue weighted by molar-refractivity contribution is 6.30. The largest absolute Gasteiger partial charge is 0.383 e. The lowest BCUT2D eigenvalue weighted by atomic mass is 10.3. The van der Waals surface area contributed by atoms with Gasteiger partial charge in [0.05, 0.1) is 0 Å². The summed E-state index contributed by atoms with van der Waals surface area (Å²) in [6.07, 6.45) is 3.15. The summed E-state index contributed by atoms with van der Waals surface area (Å²) in [4.78, 5) is 13.1. The predicted octanol–water partition coefficient (Wildman–Crippen LogP) is 2.35. The van der Waals surface area contributed by atoms with Crippen molar-refractivity contribution in [2.75, 3.05) is 19.4 Å². The van der Waals surface area contributed by atoms with Crippen LogP contribution in [0.4, 0.5) is 5.69 Å². The summed E-state index contributed by atoms with van der Waals surface area (Å²) in [6, 6.07) is 6.97. The maximum Gasteiger partial charge on any atom is 0.249 e. The zero-order valence-corrected chi connectivity index (χ0v) is 9.45. The third-order valence-electron chi connectivity index (χ3n) is 1.64. The van der Waals surface area contributed by atoms with E-state index < -0.39 is 0 Å². The van der Waals surface area contributed by atoms with Crippen molar-refractivity contribution in [3.8, 4) is 0 Å². The third kappa shape index (κ3) is 4.51. The standard InChI is InChI=1S/C11H13ClN2O/c1-14(2)8-7-11(15)13-10-5-3-9(12)4-6-10/h3-8H,1-2H3,(H,13,15)/b8-7-. The van der Waals surface area contributed by atoms with Gasteiger partial charge in [-0.2, -0.15) is 0 Å². The topological polar surface area (TPSA) is 32.3 Å². The Morgan fingerprint density at radius 1 is 1.33 bits per heavy atom. The van der Waals surface area contributed by atoms with Crippen molar-refractivity contribution in [2.24, 2.45) is 0 Å². The molecule has 1 amide bonds. The fraction of sp³-hybridized carbons (Fsp3) is 0.182. The number of hydrogen-bond donors (Lipinski definition) is 1. The van der Waals surface area contributed by atoms with Crippen LogP contribution in [-0.4, -0.2) is 24.9 Å². The van der Waals surface area contributed by atoms with Crippen molar-refractivity contribution < 1.29 is 4.79 Å². The first-order chi connectivity index (χ1) is 7.08. The molecule has 80 valence electrons. The van der Waals surface area contributed by atoms with Gasteiger partial charge in [0.1, 0.15) is 0 Å². The van der Waals surface area contributed by atoms with Gasteiger partial charge in [0.25, 0.3) is 0 Å². The second kappa shape index (κ2) is 5.41. The van der Waals surface area contributed by atoms with E-state index in [-0.39, 0.29) is 5.91 Å². The molecule has 4 heteroatoms. The summed E-state index contributed by atoms with van der Waals surface area (Å²) in [7, 11) is 3.71. The minimum absolute atomic E-state index is 0.161. The summed E-state index contributed by atoms with van der Waals surface area (Å²) in [5.74, 6) is -0.161. The highest BCUT2D eigenvalue weighted by Gasteiger charge is 1.97. The third-order valence-corrected chi connectivity index (χ3v) is 1.89. The number of nitrogens with one attached hydrogen (secondary N) is 1. The molecule has 0 fully saturated rings. The van der Waals surface area contributed by atoms with Gasteiger partial charge in [0.2, 0.25) is 5.91 Å². The van der Waals surface area contributed by atoms with E-state index in [0.717, 1.165) is 5.69 Å². The molecular weight excluding hydrogens is 212 g/mol. The Bertz CT molecular complexity index is 357. The van der Waals surface area contributed by atoms with Gasteiger partial charge in [0.15, 0.2) is 0 Å². The van der Waals surface area contributed by atoms with Gasteiger partial charge in [0, 0.05) is 37.1 Å². The molecule has 0 unspecified atom stereocenters. The van der Waals surface area contributed by atoms with Gasteiger partial charge in [-0.3, -0.25) is 4.79 Å². The molecule has 0 aromatic heterocycles. The smallest absolute Gasteiger partial charge is 0.249 e. The minimum atomic E-state index is -0.161. The van der Waals surface area contributed by atoms with Crippen molar-refractivity contribution in [2.45, 2.75) is 0 Å². The lowest BCUT2D eigenvalue weighted by Gasteiger charge is -2.04. The van der Waals surface area contributed by atoms with Crippen molar-refractivity contribution in [3.63, 3.8) is 0 Å². The van der Waals surface area contributed by atoms with E-state index in [1.165, 1.54) is 6.08 Å². The molecule has 1 aromatic carbocycles. The van der Waals surface area contributed by atoms with E-state index >= 15 is 0 Å². The van der Waals surface area contributed by atoms with E-state index in [9.17, 15) is 4.79 Å². The van der Waals surface area contributed by atoms with Crippen LogP contribution in [0.15, 0.2) is 36.5 Å². The molecule has 0 atom stereocenters. The van der Waals surface area contributed by atoms with Gasteiger partial charge in [-0.15, -0.1) is 0 Å². The first-order valence-corrected chi connectivity index (χ1v) is 4.87. The van der Waals surface area contributed by atoms with Crippen LogP contribution in [-0.2, 0) is 4.79 Å². The Kier molecular flexibility index (Phi) is 4.18. The molecule has 15 heavy (non-hydrogen) atoms. The second-order valence-electron chi connectivity index (χ2n) is 3.28. The summed E-state index contributed by atoms with van der Waals surface area (Å²) < 4.78 is 0. The van der Waals surface area contributed by atoms with Crippen molar-refractivity contribution in [1.29, 1.82) is 0 Å². The highest BCUT2D eigenvalue weighted by Crippen LogP contribution is 2.13. The molecule has 0 aliphatic carbocycles. The van der Waals surface area contributed by atoms with E-state index in [4.69, 9.17) is 11.6 Å². The van der Waals surface area contributed by atoms with Crippen LogP contribution in [0.25, 0.3) is 0 Å². The van der Waals surface area contributed by atoms with Crippen LogP contribution in [0, 0.1) is 0 Å². The Balaban J connectivity index is 2.55. The van der Waals surface area contributed by atoms with Crippen LogP contribution in [0.3, 0.4) is 0 Å². The first-order valence-electron chi connectivity index (χ1n) is 4.49. The quantitative estimate of drug-likeness (QED) is 0.800. The van der Waals surface area contributed by atoms with E-state index in [0.29, 0.717) is 5.02 Å². The fourth-order valence-electron chi connectivity index (χ4n) is 0.934. The average Bonchev–Trinajstić information content (AvgIpc) is 2.19. The molecule has 0 spiro atoms. The number of halogens is 1. The van der Waals surface area contributed by atoms with Gasteiger partial charge in [-0.25, -0.2) is 0 Å². The van der Waals surface area contributed by atoms with Crippen LogP contribution < -0.4 is 5.32 Å². The zero-order chi connectivity index (χ0) is 11.3. The van der Waals surface area contributed by atoms with Gasteiger partial charge in [-0.05, 0) is 24.3 Å². The van der Waals surface area contributed by atoms with Crippen LogP contribution >= 0.6 is 11.6 Å². The summed E-state index contributed by atoms with van der Waals surface area (Å²) in [5, 5.41) is 3.36. The Labute approximate surface area is 94.3 Å². The molecule has 1 N–H and O–H groups in total. The zero-order valence-electron chi connectivity index (χ0n) is 8.70. The summed E-state index contributed by atoms with van der Waals surface area (Å²) in [5.41, 5.74) is 0.729. The Hall–Kier alpha value is -1.48. The molecule has 1 aromatic rings. The molecule has 1 rings (SSSR count). The number of benzene rings is 1. The number of hydrogen-bond acceptors (Lipinski definition) is 2. The second-order valence-corrected chi connectivity index (χ2v) is 3.71. The maximum absolute atomic E-state index is 11.3. The van der Waals surface area contributed by atoms with Crippen molar-refractivity contribution in [1.82, 2.24) is 4.90 Å². The van der Waals surface area contributed by atoms with Crippen molar-refractivity contribution in [3.05, 3.63) is 41.6 Å². The normalized spacial score (nSPS) is 10.3. The van der Waals surface area contributed by atoms with Gasteiger partial charge >= 0.3 is 0 Å². The molecule has 0 aliphatic heterocycles. The Morgan fingerprint density at radius 3 is 2.47 bits per heavy atom. The SMILES string of the molecule is CN(C)/C=C\C(=O)Nc1ccc(Cl)cc1. The maximum atomic E-state index is 11.3. The number of nitrogens with zero attached hydrogens (tertiary/aromatic N) is 1. The first kappa shape index (κ1) is 11.6. The van der Waals surface area contributed by atoms with Crippen molar-refractivity contribution >= 4 is 23.2 Å². The lowest BCUT2D eigenvalue weighted by Crippen LogP contribution is -2.10. The van der Waals surface area contributed by atoms with E-state index in [1.807, 2.05) is 14.1 Å². The summed E-state index contributed by atoms with van der Waals surface area (Å²) in [6.45, 7) is 0. The monoisotopic (exact) mass is 224 g/mol. The number of rotatable bonds is 3. The fourth-order valence-corrected chi connectivity index (χ4v) is 1.06. The molecule has 0 bridgehead atoms. The Morgan fingerprint density at radius 2 is 1.93 bits per heavy atom. The lowest BCUT2D eigenvalue weighted by molar-refractivity contribution is -0.112. The molecule has 0 radical (unpaired) electrons. The predicted molar refractivity (Wildman–Crippen MR) is 62.9 cm³/mol. The van der Waals surface area contributed by atoms with Gasteiger partial charge in [-0.1, -0.05) is 11.6 Å². The summed E-state index contributed by atoms with van der Waals surface area (Å²) >= 11 is 5.72. The van der Waals surface area contributed by atoms with Crippen LogP contribution in [0.1, 0.15) is 0 Å². The highest BCUT2D eigenvalue weighted by atomic mass is 35.5. The number of carbonyl (C=O) groups is 1. The number of carbonyl (C=O) groups excluding carboxylic acids is 1. The van der Waals surface area contributed by atoms with Gasteiger partial charge < -0.3 is 10.2 Å². The molecule has 3 nitrogen and oxygen atoms in total.